The highest BCUT2D eigenvalue weighted by Gasteiger charge is 2.15. The van der Waals surface area contributed by atoms with Gasteiger partial charge in [-0.1, -0.05) is 30.3 Å². The first-order valence-electron chi connectivity index (χ1n) is 5.82. The molecule has 0 unspecified atom stereocenters. The second kappa shape index (κ2) is 5.80. The van der Waals surface area contributed by atoms with E-state index < -0.39 is 0 Å². The molecule has 0 radical (unpaired) electrons. The largest absolute Gasteiger partial charge is 0.325 e. The van der Waals surface area contributed by atoms with Crippen LogP contribution >= 0.6 is 0 Å². The van der Waals surface area contributed by atoms with Gasteiger partial charge in [0.05, 0.1) is 0 Å². The first-order chi connectivity index (χ1) is 7.47. The van der Waals surface area contributed by atoms with Gasteiger partial charge in [-0.05, 0) is 32.3 Å². The lowest BCUT2D eigenvalue weighted by molar-refractivity contribution is -0.120. The lowest BCUT2D eigenvalue weighted by atomic mass is 9.96. The summed E-state index contributed by atoms with van der Waals surface area (Å²) in [5.74, 6) is 0.267. The predicted octanol–water partition coefficient (Wildman–Crippen LogP) is 2.71. The molecule has 16 heavy (non-hydrogen) atoms. The number of carbonyl (C=O) groups excluding carboxylic acids is 1. The van der Waals surface area contributed by atoms with E-state index in [4.69, 9.17) is 5.73 Å². The highest BCUT2D eigenvalue weighted by Crippen LogP contribution is 2.10. The van der Waals surface area contributed by atoms with Crippen LogP contribution in [0.25, 0.3) is 0 Å². The number of Topliss-reactive ketones (excluding diaryl/α,β-unsaturated/α-hetero) is 1. The van der Waals surface area contributed by atoms with E-state index in [1.165, 1.54) is 5.56 Å². The van der Waals surface area contributed by atoms with Gasteiger partial charge in [0.1, 0.15) is 5.78 Å². The second-order valence-electron chi connectivity index (χ2n) is 5.04. The second-order valence-corrected chi connectivity index (χ2v) is 5.04. The number of carbonyl (C=O) groups is 1. The first-order valence-corrected chi connectivity index (χ1v) is 5.82. The van der Waals surface area contributed by atoms with Crippen LogP contribution in [0.2, 0.25) is 0 Å². The summed E-state index contributed by atoms with van der Waals surface area (Å²) in [5.41, 5.74) is 6.72. The van der Waals surface area contributed by atoms with E-state index >= 15 is 0 Å². The molecule has 0 aromatic heterocycles. The lowest BCUT2D eigenvalue weighted by Crippen LogP contribution is -2.34. The molecule has 0 saturated heterocycles. The molecule has 2 nitrogen and oxygen atoms in total. The average Bonchev–Trinajstić information content (AvgIpc) is 2.16. The summed E-state index contributed by atoms with van der Waals surface area (Å²) in [6, 6.07) is 10.3. The first kappa shape index (κ1) is 12.9. The Labute approximate surface area is 97.9 Å². The molecule has 0 spiro atoms. The van der Waals surface area contributed by atoms with Gasteiger partial charge >= 0.3 is 0 Å². The summed E-state index contributed by atoms with van der Waals surface area (Å²) in [6.45, 7) is 3.78. The van der Waals surface area contributed by atoms with Crippen LogP contribution in [-0.2, 0) is 11.2 Å². The van der Waals surface area contributed by atoms with Crippen LogP contribution in [0.5, 0.6) is 0 Å². The monoisotopic (exact) mass is 219 g/mol. The van der Waals surface area contributed by atoms with Crippen LogP contribution in [0.1, 0.15) is 38.7 Å². The average molecular weight is 219 g/mol. The van der Waals surface area contributed by atoms with Gasteiger partial charge in [-0.3, -0.25) is 4.79 Å². The van der Waals surface area contributed by atoms with Gasteiger partial charge in [0.15, 0.2) is 0 Å². The standard InChI is InChI=1S/C14H21NO/c1-14(2,15)11-13(16)10-6-9-12-7-4-3-5-8-12/h3-5,7-8H,6,9-11,15H2,1-2H3. The van der Waals surface area contributed by atoms with Gasteiger partial charge in [-0.15, -0.1) is 0 Å². The molecule has 0 atom stereocenters. The third kappa shape index (κ3) is 5.66. The van der Waals surface area contributed by atoms with E-state index in [2.05, 4.69) is 12.1 Å². The highest BCUT2D eigenvalue weighted by molar-refractivity contribution is 5.79. The molecule has 0 fully saturated rings. The Balaban J connectivity index is 2.24. The highest BCUT2D eigenvalue weighted by atomic mass is 16.1. The molecule has 0 aliphatic heterocycles. The molecule has 0 aliphatic rings. The predicted molar refractivity (Wildman–Crippen MR) is 67.3 cm³/mol. The quantitative estimate of drug-likeness (QED) is 0.799. The topological polar surface area (TPSA) is 43.1 Å². The van der Waals surface area contributed by atoms with Crippen molar-refractivity contribution in [1.29, 1.82) is 0 Å². The molecule has 0 amide bonds. The van der Waals surface area contributed by atoms with Gasteiger partial charge in [-0.25, -0.2) is 0 Å². The van der Waals surface area contributed by atoms with Crippen molar-refractivity contribution in [2.75, 3.05) is 0 Å². The van der Waals surface area contributed by atoms with Crippen molar-refractivity contribution in [3.05, 3.63) is 35.9 Å². The number of aryl methyl sites for hydroxylation is 1. The Morgan fingerprint density at radius 2 is 1.88 bits per heavy atom. The van der Waals surface area contributed by atoms with Crippen LogP contribution in [-0.4, -0.2) is 11.3 Å². The Bertz CT molecular complexity index is 324. The minimum absolute atomic E-state index is 0.267. The van der Waals surface area contributed by atoms with Crippen LogP contribution in [0.3, 0.4) is 0 Å². The normalized spacial score (nSPS) is 11.4. The number of nitrogens with two attached hydrogens (primary N) is 1. The van der Waals surface area contributed by atoms with Crippen molar-refractivity contribution in [1.82, 2.24) is 0 Å². The Morgan fingerprint density at radius 3 is 2.44 bits per heavy atom. The zero-order chi connectivity index (χ0) is 12.0. The third-order valence-corrected chi connectivity index (χ3v) is 2.42. The molecule has 88 valence electrons. The maximum atomic E-state index is 11.6. The van der Waals surface area contributed by atoms with Crippen LogP contribution < -0.4 is 5.73 Å². The van der Waals surface area contributed by atoms with E-state index in [1.54, 1.807) is 0 Å². The molecule has 0 bridgehead atoms. The summed E-state index contributed by atoms with van der Waals surface area (Å²) < 4.78 is 0. The summed E-state index contributed by atoms with van der Waals surface area (Å²) in [7, 11) is 0. The maximum absolute atomic E-state index is 11.6. The minimum atomic E-state index is -0.371. The fourth-order valence-corrected chi connectivity index (χ4v) is 1.73. The van der Waals surface area contributed by atoms with Crippen molar-refractivity contribution >= 4 is 5.78 Å². The molecular formula is C14H21NO. The zero-order valence-corrected chi connectivity index (χ0v) is 10.2. The number of ketones is 1. The van der Waals surface area contributed by atoms with Crippen molar-refractivity contribution in [2.24, 2.45) is 5.73 Å². The summed E-state index contributed by atoms with van der Waals surface area (Å²) in [5, 5.41) is 0. The van der Waals surface area contributed by atoms with Crippen molar-refractivity contribution < 1.29 is 4.79 Å². The molecule has 1 aromatic rings. The number of hydrogen-bond donors (Lipinski definition) is 1. The number of benzene rings is 1. The van der Waals surface area contributed by atoms with Crippen LogP contribution in [0, 0.1) is 0 Å². The fraction of sp³-hybridized carbons (Fsp3) is 0.500. The molecule has 0 heterocycles. The Morgan fingerprint density at radius 1 is 1.25 bits per heavy atom. The van der Waals surface area contributed by atoms with E-state index in [9.17, 15) is 4.79 Å². The smallest absolute Gasteiger partial charge is 0.134 e. The van der Waals surface area contributed by atoms with E-state index in [0.717, 1.165) is 12.8 Å². The summed E-state index contributed by atoms with van der Waals surface area (Å²) in [4.78, 5) is 11.6. The van der Waals surface area contributed by atoms with Gasteiger partial charge in [0, 0.05) is 18.4 Å². The number of hydrogen-bond acceptors (Lipinski definition) is 2. The van der Waals surface area contributed by atoms with Gasteiger partial charge in [0.25, 0.3) is 0 Å². The molecular weight excluding hydrogens is 198 g/mol. The van der Waals surface area contributed by atoms with Gasteiger partial charge < -0.3 is 5.73 Å². The zero-order valence-electron chi connectivity index (χ0n) is 10.2. The van der Waals surface area contributed by atoms with Gasteiger partial charge in [-0.2, -0.15) is 0 Å². The molecule has 2 N–H and O–H groups in total. The van der Waals surface area contributed by atoms with Crippen LogP contribution in [0.15, 0.2) is 30.3 Å². The van der Waals surface area contributed by atoms with Crippen LogP contribution in [0.4, 0.5) is 0 Å². The molecule has 0 aliphatic carbocycles. The minimum Gasteiger partial charge on any atom is -0.325 e. The van der Waals surface area contributed by atoms with Crippen molar-refractivity contribution in [3.63, 3.8) is 0 Å². The van der Waals surface area contributed by atoms with Crippen molar-refractivity contribution in [2.45, 2.75) is 45.1 Å². The number of rotatable bonds is 6. The molecule has 0 saturated carbocycles. The third-order valence-electron chi connectivity index (χ3n) is 2.42. The maximum Gasteiger partial charge on any atom is 0.134 e. The molecule has 1 aromatic carbocycles. The van der Waals surface area contributed by atoms with E-state index in [-0.39, 0.29) is 11.3 Å². The molecule has 2 heteroatoms. The summed E-state index contributed by atoms with van der Waals surface area (Å²) >= 11 is 0. The van der Waals surface area contributed by atoms with E-state index in [0.29, 0.717) is 12.8 Å². The van der Waals surface area contributed by atoms with Crippen molar-refractivity contribution in [3.8, 4) is 0 Å². The Kier molecular flexibility index (Phi) is 4.69. The van der Waals surface area contributed by atoms with E-state index in [1.807, 2.05) is 32.0 Å². The fourth-order valence-electron chi connectivity index (χ4n) is 1.73. The SMILES string of the molecule is CC(C)(N)CC(=O)CCCc1ccccc1. The summed E-state index contributed by atoms with van der Waals surface area (Å²) in [6.07, 6.45) is 2.99. The van der Waals surface area contributed by atoms with Gasteiger partial charge in [0.2, 0.25) is 0 Å². The molecule has 1 rings (SSSR count). The lowest BCUT2D eigenvalue weighted by Gasteiger charge is -2.16. The Hall–Kier alpha value is -1.15.